The maximum Gasteiger partial charge on any atom is 0.254 e. The van der Waals surface area contributed by atoms with Gasteiger partial charge >= 0.3 is 0 Å². The molecule has 84 valence electrons. The number of allylic oxidation sites excluding steroid dienone is 1. The van der Waals surface area contributed by atoms with Crippen molar-refractivity contribution in [3.63, 3.8) is 0 Å². The van der Waals surface area contributed by atoms with Crippen LogP contribution in [0.2, 0.25) is 0 Å². The third-order valence-corrected chi connectivity index (χ3v) is 2.76. The second-order valence-electron chi connectivity index (χ2n) is 3.98. The Morgan fingerprint density at radius 2 is 2.06 bits per heavy atom. The van der Waals surface area contributed by atoms with Crippen LogP contribution < -0.4 is 5.32 Å². The van der Waals surface area contributed by atoms with Gasteiger partial charge in [0.2, 0.25) is 5.91 Å². The van der Waals surface area contributed by atoms with Gasteiger partial charge in [0.1, 0.15) is 11.5 Å². The fourth-order valence-electron chi connectivity index (χ4n) is 1.96. The molecule has 1 saturated heterocycles. The molecule has 16 heavy (non-hydrogen) atoms. The summed E-state index contributed by atoms with van der Waals surface area (Å²) in [6.07, 6.45) is 0.161. The second kappa shape index (κ2) is 3.63. The van der Waals surface area contributed by atoms with Gasteiger partial charge in [-0.2, -0.15) is 0 Å². The Morgan fingerprint density at radius 3 is 2.50 bits per heavy atom. The quantitative estimate of drug-likeness (QED) is 0.578. The summed E-state index contributed by atoms with van der Waals surface area (Å²) in [6, 6.07) is 1.88. The molecule has 2 heterocycles. The first-order chi connectivity index (χ1) is 7.49. The SMILES string of the molecule is CC(=C1CC(=O)NC1=O)c1cc(C)oc1C. The first-order valence-electron chi connectivity index (χ1n) is 5.10. The zero-order valence-electron chi connectivity index (χ0n) is 9.51. The summed E-state index contributed by atoms with van der Waals surface area (Å²) in [4.78, 5) is 22.6. The Morgan fingerprint density at radius 1 is 1.38 bits per heavy atom. The average Bonchev–Trinajstić information content (AvgIpc) is 2.68. The van der Waals surface area contributed by atoms with E-state index in [4.69, 9.17) is 4.42 Å². The van der Waals surface area contributed by atoms with Crippen LogP contribution >= 0.6 is 0 Å². The van der Waals surface area contributed by atoms with E-state index in [1.54, 1.807) is 0 Å². The Kier molecular flexibility index (Phi) is 2.42. The molecule has 0 aliphatic carbocycles. The number of hydrogen-bond donors (Lipinski definition) is 1. The molecule has 1 aromatic heterocycles. The van der Waals surface area contributed by atoms with Gasteiger partial charge in [0, 0.05) is 11.1 Å². The number of nitrogens with one attached hydrogen (secondary N) is 1. The molecule has 2 amide bonds. The van der Waals surface area contributed by atoms with Crippen molar-refractivity contribution in [2.45, 2.75) is 27.2 Å². The third-order valence-electron chi connectivity index (χ3n) is 2.76. The highest BCUT2D eigenvalue weighted by molar-refractivity contribution is 6.17. The zero-order valence-corrected chi connectivity index (χ0v) is 9.51. The smallest absolute Gasteiger partial charge is 0.254 e. The molecule has 0 radical (unpaired) electrons. The van der Waals surface area contributed by atoms with Gasteiger partial charge in [0.15, 0.2) is 0 Å². The summed E-state index contributed by atoms with van der Waals surface area (Å²) in [5, 5.41) is 2.28. The van der Waals surface area contributed by atoms with Crippen LogP contribution in [0.1, 0.15) is 30.4 Å². The predicted molar refractivity (Wildman–Crippen MR) is 58.5 cm³/mol. The number of rotatable bonds is 1. The summed E-state index contributed by atoms with van der Waals surface area (Å²) in [7, 11) is 0. The number of amides is 2. The molecule has 0 unspecified atom stereocenters. The minimum Gasteiger partial charge on any atom is -0.466 e. The lowest BCUT2D eigenvalue weighted by molar-refractivity contribution is -0.124. The molecule has 0 spiro atoms. The van der Waals surface area contributed by atoms with Crippen molar-refractivity contribution in [1.82, 2.24) is 5.32 Å². The number of furan rings is 1. The van der Waals surface area contributed by atoms with Gasteiger partial charge in [-0.1, -0.05) is 0 Å². The topological polar surface area (TPSA) is 59.3 Å². The fraction of sp³-hybridized carbons (Fsp3) is 0.333. The van der Waals surface area contributed by atoms with E-state index in [1.165, 1.54) is 0 Å². The number of carbonyl (C=O) groups is 2. The summed E-state index contributed by atoms with van der Waals surface area (Å²) in [5.41, 5.74) is 2.25. The predicted octanol–water partition coefficient (Wildman–Crippen LogP) is 1.72. The van der Waals surface area contributed by atoms with E-state index < -0.39 is 0 Å². The van der Waals surface area contributed by atoms with Crippen LogP contribution in [0, 0.1) is 13.8 Å². The van der Waals surface area contributed by atoms with Gasteiger partial charge in [0.25, 0.3) is 5.91 Å². The highest BCUT2D eigenvalue weighted by Gasteiger charge is 2.27. The van der Waals surface area contributed by atoms with Crippen LogP contribution in [0.15, 0.2) is 16.1 Å². The lowest BCUT2D eigenvalue weighted by Crippen LogP contribution is -2.19. The zero-order chi connectivity index (χ0) is 11.9. The summed E-state index contributed by atoms with van der Waals surface area (Å²) >= 11 is 0. The van der Waals surface area contributed by atoms with E-state index in [9.17, 15) is 9.59 Å². The highest BCUT2D eigenvalue weighted by atomic mass is 16.3. The van der Waals surface area contributed by atoms with E-state index in [0.717, 1.165) is 22.7 Å². The first-order valence-corrected chi connectivity index (χ1v) is 5.10. The van der Waals surface area contributed by atoms with Gasteiger partial charge in [-0.15, -0.1) is 0 Å². The van der Waals surface area contributed by atoms with Crippen LogP contribution in [0.5, 0.6) is 0 Å². The molecule has 1 aliphatic rings. The highest BCUT2D eigenvalue weighted by Crippen LogP contribution is 2.27. The van der Waals surface area contributed by atoms with Gasteiger partial charge < -0.3 is 4.42 Å². The van der Waals surface area contributed by atoms with Crippen molar-refractivity contribution in [2.75, 3.05) is 0 Å². The maximum absolute atomic E-state index is 11.5. The molecular formula is C12H13NO3. The number of aryl methyl sites for hydroxylation is 2. The van der Waals surface area contributed by atoms with E-state index >= 15 is 0 Å². The van der Waals surface area contributed by atoms with Gasteiger partial charge in [-0.25, -0.2) is 0 Å². The van der Waals surface area contributed by atoms with Crippen molar-refractivity contribution >= 4 is 17.4 Å². The molecule has 1 fully saturated rings. The molecule has 0 bridgehead atoms. The van der Waals surface area contributed by atoms with E-state index in [0.29, 0.717) is 5.57 Å². The summed E-state index contributed by atoms with van der Waals surface area (Å²) in [6.45, 7) is 5.54. The number of hydrogen-bond acceptors (Lipinski definition) is 3. The molecule has 2 rings (SSSR count). The van der Waals surface area contributed by atoms with Crippen molar-refractivity contribution in [3.05, 3.63) is 28.7 Å². The molecule has 0 aromatic carbocycles. The average molecular weight is 219 g/mol. The second-order valence-corrected chi connectivity index (χ2v) is 3.98. The summed E-state index contributed by atoms with van der Waals surface area (Å²) < 4.78 is 5.41. The van der Waals surface area contributed by atoms with Crippen molar-refractivity contribution in [1.29, 1.82) is 0 Å². The molecule has 4 nitrogen and oxygen atoms in total. The van der Waals surface area contributed by atoms with Gasteiger partial charge in [-0.05, 0) is 32.4 Å². The number of carbonyl (C=O) groups excluding carboxylic acids is 2. The standard InChI is InChI=1S/C12H13NO3/c1-6-4-9(8(3)16-6)7(2)10-5-11(14)13-12(10)15/h4H,5H2,1-3H3,(H,13,14,15). The van der Waals surface area contributed by atoms with E-state index in [1.807, 2.05) is 26.8 Å². The Bertz CT molecular complexity index is 508. The van der Waals surface area contributed by atoms with Crippen LogP contribution in [0.4, 0.5) is 0 Å². The lowest BCUT2D eigenvalue weighted by Gasteiger charge is -2.01. The number of imide groups is 1. The van der Waals surface area contributed by atoms with Crippen LogP contribution in [0.3, 0.4) is 0 Å². The van der Waals surface area contributed by atoms with Crippen molar-refractivity contribution < 1.29 is 14.0 Å². The normalized spacial score (nSPS) is 18.9. The molecule has 1 N–H and O–H groups in total. The Hall–Kier alpha value is -1.84. The van der Waals surface area contributed by atoms with Crippen LogP contribution in [-0.2, 0) is 9.59 Å². The Labute approximate surface area is 93.3 Å². The maximum atomic E-state index is 11.5. The molecule has 0 atom stereocenters. The van der Waals surface area contributed by atoms with Crippen LogP contribution in [0.25, 0.3) is 5.57 Å². The molecule has 1 aromatic rings. The molecule has 4 heteroatoms. The van der Waals surface area contributed by atoms with Gasteiger partial charge in [0.05, 0.1) is 6.42 Å². The van der Waals surface area contributed by atoms with E-state index in [2.05, 4.69) is 5.32 Å². The van der Waals surface area contributed by atoms with Gasteiger partial charge in [-0.3, -0.25) is 14.9 Å². The molecular weight excluding hydrogens is 206 g/mol. The minimum atomic E-state index is -0.291. The first kappa shape index (κ1) is 10.7. The largest absolute Gasteiger partial charge is 0.466 e. The summed E-state index contributed by atoms with van der Waals surface area (Å²) in [5.74, 6) is 1.05. The van der Waals surface area contributed by atoms with E-state index in [-0.39, 0.29) is 18.2 Å². The fourth-order valence-corrected chi connectivity index (χ4v) is 1.96. The monoisotopic (exact) mass is 219 g/mol. The van der Waals surface area contributed by atoms with Crippen molar-refractivity contribution in [2.24, 2.45) is 0 Å². The lowest BCUT2D eigenvalue weighted by atomic mass is 10.0. The molecule has 1 aliphatic heterocycles. The minimum absolute atomic E-state index is 0.161. The molecule has 0 saturated carbocycles. The Balaban J connectivity index is 2.48. The third kappa shape index (κ3) is 1.66. The van der Waals surface area contributed by atoms with Crippen molar-refractivity contribution in [3.8, 4) is 0 Å². The van der Waals surface area contributed by atoms with Crippen LogP contribution in [-0.4, -0.2) is 11.8 Å².